The van der Waals surface area contributed by atoms with Crippen molar-refractivity contribution in [1.29, 1.82) is 0 Å². The first-order valence-corrected chi connectivity index (χ1v) is 7.21. The highest BCUT2D eigenvalue weighted by Crippen LogP contribution is 2.26. The van der Waals surface area contributed by atoms with Crippen molar-refractivity contribution in [3.63, 3.8) is 0 Å². The van der Waals surface area contributed by atoms with Gasteiger partial charge in [-0.2, -0.15) is 0 Å². The van der Waals surface area contributed by atoms with E-state index in [0.717, 1.165) is 30.7 Å². The number of carbonyl (C=O) groups is 1. The molecule has 0 aliphatic rings. The Kier molecular flexibility index (Phi) is 5.62. The van der Waals surface area contributed by atoms with Gasteiger partial charge in [0.15, 0.2) is 0 Å². The van der Waals surface area contributed by atoms with Crippen molar-refractivity contribution in [2.24, 2.45) is 0 Å². The summed E-state index contributed by atoms with van der Waals surface area (Å²) in [7, 11) is 0. The number of thiazole rings is 1. The molecule has 1 atom stereocenters. The molecule has 1 amide bonds. The minimum atomic E-state index is -0.308. The molecule has 3 nitrogen and oxygen atoms in total. The summed E-state index contributed by atoms with van der Waals surface area (Å²) in [4.78, 5) is 16.2. The van der Waals surface area contributed by atoms with Gasteiger partial charge in [-0.15, -0.1) is 11.3 Å². The van der Waals surface area contributed by atoms with Crippen molar-refractivity contribution in [3.05, 3.63) is 16.6 Å². The van der Waals surface area contributed by atoms with Crippen LogP contribution in [0.3, 0.4) is 0 Å². The lowest BCUT2D eigenvalue weighted by Gasteiger charge is -2.27. The summed E-state index contributed by atoms with van der Waals surface area (Å²) >= 11 is 1.60. The van der Waals surface area contributed by atoms with Crippen LogP contribution in [0.2, 0.25) is 0 Å². The van der Waals surface area contributed by atoms with E-state index in [4.69, 9.17) is 0 Å². The second-order valence-corrected chi connectivity index (χ2v) is 5.42. The van der Waals surface area contributed by atoms with Gasteiger partial charge in [0.05, 0.1) is 5.54 Å². The van der Waals surface area contributed by atoms with E-state index >= 15 is 0 Å². The van der Waals surface area contributed by atoms with E-state index in [1.807, 2.05) is 12.3 Å². The smallest absolute Gasteiger partial charge is 0.220 e. The molecule has 0 unspecified atom stereocenters. The maximum absolute atomic E-state index is 11.9. The molecule has 1 heterocycles. The highest BCUT2D eigenvalue weighted by atomic mass is 32.1. The first-order valence-electron chi connectivity index (χ1n) is 6.33. The summed E-state index contributed by atoms with van der Waals surface area (Å²) < 4.78 is 0. The molecule has 0 aliphatic heterocycles. The topological polar surface area (TPSA) is 42.0 Å². The Morgan fingerprint density at radius 2 is 2.24 bits per heavy atom. The number of hydrogen-bond acceptors (Lipinski definition) is 3. The predicted octanol–water partition coefficient (Wildman–Crippen LogP) is 3.46. The molecule has 4 heteroatoms. The summed E-state index contributed by atoms with van der Waals surface area (Å²) in [6, 6.07) is 0. The lowest BCUT2D eigenvalue weighted by molar-refractivity contribution is -0.123. The Labute approximate surface area is 108 Å². The minimum absolute atomic E-state index is 0.137. The zero-order valence-electron chi connectivity index (χ0n) is 11.0. The Morgan fingerprint density at radius 1 is 1.47 bits per heavy atom. The molecule has 0 bridgehead atoms. The standard InChI is InChI=1S/C13H22N2OS/c1-4-6-7-8-11(16)15-13(3,5-2)12-14-9-10-17-12/h9-10H,4-8H2,1-3H3,(H,15,16)/t13-/m1/s1. The first kappa shape index (κ1) is 14.2. The second-order valence-electron chi connectivity index (χ2n) is 4.53. The zero-order chi connectivity index (χ0) is 12.7. The number of aromatic nitrogens is 1. The molecule has 0 saturated carbocycles. The van der Waals surface area contributed by atoms with Crippen LogP contribution in [0.15, 0.2) is 11.6 Å². The van der Waals surface area contributed by atoms with Gasteiger partial charge in [0.25, 0.3) is 0 Å². The quantitative estimate of drug-likeness (QED) is 0.757. The summed E-state index contributed by atoms with van der Waals surface area (Å²) in [5, 5.41) is 6.05. The van der Waals surface area contributed by atoms with Gasteiger partial charge in [0.2, 0.25) is 5.91 Å². The van der Waals surface area contributed by atoms with Crippen LogP contribution < -0.4 is 5.32 Å². The fourth-order valence-corrected chi connectivity index (χ4v) is 2.52. The Bertz CT molecular complexity index is 337. The average molecular weight is 254 g/mol. The van der Waals surface area contributed by atoms with Gasteiger partial charge in [-0.1, -0.05) is 26.7 Å². The van der Waals surface area contributed by atoms with Crippen LogP contribution in [-0.4, -0.2) is 10.9 Å². The average Bonchev–Trinajstić information content (AvgIpc) is 2.83. The third-order valence-corrected chi connectivity index (χ3v) is 4.07. The van der Waals surface area contributed by atoms with Crippen LogP contribution in [0.4, 0.5) is 0 Å². The fourth-order valence-electron chi connectivity index (χ4n) is 1.69. The van der Waals surface area contributed by atoms with Gasteiger partial charge in [0.1, 0.15) is 5.01 Å². The third-order valence-electron chi connectivity index (χ3n) is 3.03. The molecule has 0 spiro atoms. The highest BCUT2D eigenvalue weighted by Gasteiger charge is 2.28. The monoisotopic (exact) mass is 254 g/mol. The number of nitrogens with zero attached hydrogens (tertiary/aromatic N) is 1. The highest BCUT2D eigenvalue weighted by molar-refractivity contribution is 7.09. The van der Waals surface area contributed by atoms with E-state index in [-0.39, 0.29) is 11.4 Å². The van der Waals surface area contributed by atoms with Crippen LogP contribution in [0.1, 0.15) is 57.9 Å². The molecule has 0 saturated heterocycles. The molecule has 0 fully saturated rings. The number of carbonyl (C=O) groups excluding carboxylic acids is 1. The molecular formula is C13H22N2OS. The molecule has 1 aromatic heterocycles. The van der Waals surface area contributed by atoms with E-state index in [9.17, 15) is 4.79 Å². The molecule has 1 aromatic rings. The van der Waals surface area contributed by atoms with Crippen LogP contribution >= 0.6 is 11.3 Å². The normalized spacial score (nSPS) is 14.3. The molecule has 1 rings (SSSR count). The molecule has 0 aromatic carbocycles. The maximum atomic E-state index is 11.9. The van der Waals surface area contributed by atoms with Crippen LogP contribution in [0.5, 0.6) is 0 Å². The minimum Gasteiger partial charge on any atom is -0.344 e. The number of hydrogen-bond donors (Lipinski definition) is 1. The SMILES string of the molecule is CCCCCC(=O)N[C@](C)(CC)c1nccs1. The van der Waals surface area contributed by atoms with Crippen LogP contribution in [0.25, 0.3) is 0 Å². The van der Waals surface area contributed by atoms with Crippen LogP contribution in [0, 0.1) is 0 Å². The van der Waals surface area contributed by atoms with Crippen molar-refractivity contribution in [1.82, 2.24) is 10.3 Å². The lowest BCUT2D eigenvalue weighted by atomic mass is 9.99. The van der Waals surface area contributed by atoms with Crippen molar-refractivity contribution in [2.75, 3.05) is 0 Å². The number of unbranched alkanes of at least 4 members (excludes halogenated alkanes) is 2. The molecule has 17 heavy (non-hydrogen) atoms. The lowest BCUT2D eigenvalue weighted by Crippen LogP contribution is -2.42. The molecule has 0 aliphatic carbocycles. The van der Waals surface area contributed by atoms with Gasteiger partial charge in [-0.25, -0.2) is 4.98 Å². The van der Waals surface area contributed by atoms with Crippen molar-refractivity contribution in [2.45, 2.75) is 58.4 Å². The van der Waals surface area contributed by atoms with E-state index in [1.165, 1.54) is 0 Å². The predicted molar refractivity (Wildman–Crippen MR) is 72.0 cm³/mol. The number of amides is 1. The summed E-state index contributed by atoms with van der Waals surface area (Å²) in [6.07, 6.45) is 6.50. The second kappa shape index (κ2) is 6.74. The fraction of sp³-hybridized carbons (Fsp3) is 0.692. The van der Waals surface area contributed by atoms with Gasteiger partial charge >= 0.3 is 0 Å². The first-order chi connectivity index (χ1) is 8.12. The third kappa shape index (κ3) is 4.11. The van der Waals surface area contributed by atoms with E-state index in [2.05, 4.69) is 24.1 Å². The number of nitrogens with one attached hydrogen (secondary N) is 1. The largest absolute Gasteiger partial charge is 0.344 e. The Balaban J connectivity index is 2.54. The zero-order valence-corrected chi connectivity index (χ0v) is 11.8. The Morgan fingerprint density at radius 3 is 2.76 bits per heavy atom. The maximum Gasteiger partial charge on any atom is 0.220 e. The van der Waals surface area contributed by atoms with Gasteiger partial charge in [-0.05, 0) is 19.8 Å². The summed E-state index contributed by atoms with van der Waals surface area (Å²) in [5.41, 5.74) is -0.308. The van der Waals surface area contributed by atoms with Gasteiger partial charge < -0.3 is 5.32 Å². The van der Waals surface area contributed by atoms with E-state index in [1.54, 1.807) is 17.5 Å². The molecule has 0 radical (unpaired) electrons. The van der Waals surface area contributed by atoms with Crippen molar-refractivity contribution < 1.29 is 4.79 Å². The summed E-state index contributed by atoms with van der Waals surface area (Å²) in [6.45, 7) is 6.26. The van der Waals surface area contributed by atoms with E-state index < -0.39 is 0 Å². The summed E-state index contributed by atoms with van der Waals surface area (Å²) in [5.74, 6) is 0.137. The molecule has 1 N–H and O–H groups in total. The Hall–Kier alpha value is -0.900. The van der Waals surface area contributed by atoms with Crippen molar-refractivity contribution in [3.8, 4) is 0 Å². The van der Waals surface area contributed by atoms with E-state index in [0.29, 0.717) is 6.42 Å². The van der Waals surface area contributed by atoms with Crippen molar-refractivity contribution >= 4 is 17.2 Å². The molecular weight excluding hydrogens is 232 g/mol. The molecule has 96 valence electrons. The van der Waals surface area contributed by atoms with Gasteiger partial charge in [0, 0.05) is 18.0 Å². The number of rotatable bonds is 7. The van der Waals surface area contributed by atoms with Gasteiger partial charge in [-0.3, -0.25) is 4.79 Å². The van der Waals surface area contributed by atoms with Crippen LogP contribution in [-0.2, 0) is 10.3 Å².